The van der Waals surface area contributed by atoms with E-state index in [2.05, 4.69) is 6.07 Å². The Balaban J connectivity index is 2.33. The van der Waals surface area contributed by atoms with Crippen LogP contribution >= 0.6 is 11.6 Å². The average Bonchev–Trinajstić information content (AvgIpc) is 2.49. The van der Waals surface area contributed by atoms with Crippen molar-refractivity contribution in [3.05, 3.63) is 63.0 Å². The van der Waals surface area contributed by atoms with E-state index in [9.17, 15) is 4.79 Å². The molecule has 1 aromatic heterocycles. The van der Waals surface area contributed by atoms with Crippen LogP contribution in [0.2, 0.25) is 5.02 Å². The third-order valence-corrected chi connectivity index (χ3v) is 3.77. The van der Waals surface area contributed by atoms with Crippen molar-refractivity contribution in [2.24, 2.45) is 0 Å². The molecule has 0 amide bonds. The lowest BCUT2D eigenvalue weighted by Gasteiger charge is -2.31. The van der Waals surface area contributed by atoms with E-state index in [1.165, 1.54) is 16.8 Å². The Kier molecular flexibility index (Phi) is 3.42. The fourth-order valence-corrected chi connectivity index (χ4v) is 2.77. The molecular weight excluding hydrogens is 314 g/mol. The number of ether oxygens (including phenoxy) is 1. The van der Waals surface area contributed by atoms with Crippen LogP contribution in [0.5, 0.6) is 5.75 Å². The zero-order valence-corrected chi connectivity index (χ0v) is 13.4. The van der Waals surface area contributed by atoms with Crippen LogP contribution in [0.4, 0.5) is 5.69 Å². The molecule has 0 spiro atoms. The van der Waals surface area contributed by atoms with E-state index in [0.717, 1.165) is 0 Å². The van der Waals surface area contributed by atoms with Gasteiger partial charge >= 0.3 is 0 Å². The fraction of sp³-hybridized carbons (Fsp3) is 0.176. The van der Waals surface area contributed by atoms with Crippen LogP contribution < -0.4 is 16.0 Å². The minimum atomic E-state index is -0.618. The quantitative estimate of drug-likeness (QED) is 0.873. The molecule has 116 valence electrons. The summed E-state index contributed by atoms with van der Waals surface area (Å²) < 4.78 is 7.30. The summed E-state index contributed by atoms with van der Waals surface area (Å²) in [6.07, 6.45) is 3.33. The number of hydrogen-bond donors (Lipinski definition) is 1. The topological polar surface area (TPSA) is 81.0 Å². The van der Waals surface area contributed by atoms with E-state index < -0.39 is 5.60 Å². The number of halogens is 1. The molecule has 0 fully saturated rings. The zero-order valence-electron chi connectivity index (χ0n) is 12.6. The number of nitrogens with two attached hydrogens (primary N) is 1. The van der Waals surface area contributed by atoms with E-state index in [4.69, 9.17) is 27.3 Å². The minimum Gasteiger partial charge on any atom is -0.483 e. The van der Waals surface area contributed by atoms with Crippen LogP contribution in [0.15, 0.2) is 41.3 Å². The Morgan fingerprint density at radius 3 is 2.78 bits per heavy atom. The molecule has 0 atom stereocenters. The molecule has 1 aliphatic rings. The lowest BCUT2D eigenvalue weighted by atomic mass is 9.97. The monoisotopic (exact) mass is 327 g/mol. The predicted octanol–water partition coefficient (Wildman–Crippen LogP) is 3.02. The highest BCUT2D eigenvalue weighted by molar-refractivity contribution is 6.30. The van der Waals surface area contributed by atoms with Gasteiger partial charge in [0.2, 0.25) is 0 Å². The third-order valence-electron chi connectivity index (χ3n) is 3.50. The Morgan fingerprint density at radius 1 is 1.35 bits per heavy atom. The van der Waals surface area contributed by atoms with Crippen molar-refractivity contribution < 1.29 is 4.74 Å². The summed E-state index contributed by atoms with van der Waals surface area (Å²) >= 11 is 5.97. The lowest BCUT2D eigenvalue weighted by molar-refractivity contribution is 0.157. The van der Waals surface area contributed by atoms with Crippen molar-refractivity contribution in [3.8, 4) is 11.8 Å². The first-order valence-electron chi connectivity index (χ1n) is 6.95. The van der Waals surface area contributed by atoms with Crippen molar-refractivity contribution in [2.75, 3.05) is 5.73 Å². The van der Waals surface area contributed by atoms with Gasteiger partial charge in [0.15, 0.2) is 0 Å². The van der Waals surface area contributed by atoms with Crippen molar-refractivity contribution in [2.45, 2.75) is 19.4 Å². The van der Waals surface area contributed by atoms with Gasteiger partial charge in [-0.05, 0) is 44.2 Å². The van der Waals surface area contributed by atoms with E-state index in [-0.39, 0.29) is 10.6 Å². The summed E-state index contributed by atoms with van der Waals surface area (Å²) in [5.41, 5.74) is 6.91. The Labute approximate surface area is 138 Å². The molecule has 6 heteroatoms. The number of fused-ring (bicyclic) bond motifs is 1. The van der Waals surface area contributed by atoms with Crippen molar-refractivity contribution in [3.63, 3.8) is 0 Å². The van der Waals surface area contributed by atoms with E-state index in [0.29, 0.717) is 28.3 Å². The molecule has 2 N–H and O–H groups in total. The molecule has 3 rings (SSSR count). The Hall–Kier alpha value is -2.71. The number of nitrogen functional groups attached to an aromatic ring is 1. The van der Waals surface area contributed by atoms with Gasteiger partial charge in [0.25, 0.3) is 5.56 Å². The maximum Gasteiger partial charge on any atom is 0.273 e. The maximum absolute atomic E-state index is 12.4. The fourth-order valence-electron chi connectivity index (χ4n) is 2.55. The highest BCUT2D eigenvalue weighted by Gasteiger charge is 2.28. The van der Waals surface area contributed by atoms with Crippen LogP contribution in [-0.4, -0.2) is 10.2 Å². The number of pyridine rings is 1. The van der Waals surface area contributed by atoms with Gasteiger partial charge in [0.05, 0.1) is 23.0 Å². The first-order chi connectivity index (χ1) is 10.8. The van der Waals surface area contributed by atoms with E-state index in [1.807, 2.05) is 19.9 Å². The molecule has 23 heavy (non-hydrogen) atoms. The summed E-state index contributed by atoms with van der Waals surface area (Å²) in [4.78, 5) is 12.4. The van der Waals surface area contributed by atoms with Gasteiger partial charge in [-0.15, -0.1) is 0 Å². The summed E-state index contributed by atoms with van der Waals surface area (Å²) in [7, 11) is 0. The van der Waals surface area contributed by atoms with Gasteiger partial charge in [-0.2, -0.15) is 5.26 Å². The second kappa shape index (κ2) is 5.18. The van der Waals surface area contributed by atoms with Crippen molar-refractivity contribution in [1.29, 1.82) is 5.26 Å². The number of hydrogen-bond acceptors (Lipinski definition) is 4. The highest BCUT2D eigenvalue weighted by Crippen LogP contribution is 2.37. The van der Waals surface area contributed by atoms with Gasteiger partial charge in [-0.3, -0.25) is 9.36 Å². The highest BCUT2D eigenvalue weighted by atomic mass is 35.5. The first-order valence-corrected chi connectivity index (χ1v) is 7.33. The average molecular weight is 328 g/mol. The summed E-state index contributed by atoms with van der Waals surface area (Å²) in [5.74, 6) is 0.594. The molecule has 1 aliphatic heterocycles. The van der Waals surface area contributed by atoms with Crippen LogP contribution in [0.1, 0.15) is 25.0 Å². The van der Waals surface area contributed by atoms with Gasteiger partial charge < -0.3 is 10.5 Å². The largest absolute Gasteiger partial charge is 0.483 e. The molecule has 0 unspecified atom stereocenters. The summed E-state index contributed by atoms with van der Waals surface area (Å²) in [6.45, 7) is 3.76. The molecule has 0 bridgehead atoms. The SMILES string of the molecule is CC1(C)C=C(n2cc(N)cc(Cl)c2=O)c2cc(C#N)ccc2O1. The minimum absolute atomic E-state index is 0.0354. The number of anilines is 1. The maximum atomic E-state index is 12.4. The first kappa shape index (κ1) is 15.2. The number of rotatable bonds is 1. The molecule has 5 nitrogen and oxygen atoms in total. The second-order valence-corrected chi connectivity index (χ2v) is 6.26. The lowest BCUT2D eigenvalue weighted by Crippen LogP contribution is -2.32. The molecule has 2 heterocycles. The number of benzene rings is 1. The van der Waals surface area contributed by atoms with Crippen molar-refractivity contribution in [1.82, 2.24) is 4.57 Å². The third kappa shape index (κ3) is 2.69. The Bertz CT molecular complexity index is 936. The van der Waals surface area contributed by atoms with Gasteiger partial charge in [-0.25, -0.2) is 0 Å². The van der Waals surface area contributed by atoms with Crippen LogP contribution in [-0.2, 0) is 0 Å². The molecule has 0 radical (unpaired) electrons. The van der Waals surface area contributed by atoms with Crippen LogP contribution in [0.3, 0.4) is 0 Å². The zero-order chi connectivity index (χ0) is 16.8. The van der Waals surface area contributed by atoms with Crippen molar-refractivity contribution >= 4 is 23.0 Å². The van der Waals surface area contributed by atoms with Gasteiger partial charge in [0, 0.05) is 11.8 Å². The second-order valence-electron chi connectivity index (χ2n) is 5.85. The number of nitrogens with zero attached hydrogens (tertiary/aromatic N) is 2. The smallest absolute Gasteiger partial charge is 0.273 e. The predicted molar refractivity (Wildman–Crippen MR) is 89.4 cm³/mol. The summed E-state index contributed by atoms with van der Waals surface area (Å²) in [5, 5.41) is 9.16. The molecule has 0 aliphatic carbocycles. The number of nitriles is 1. The Morgan fingerprint density at radius 2 is 2.09 bits per heavy atom. The van der Waals surface area contributed by atoms with Gasteiger partial charge in [0.1, 0.15) is 16.4 Å². The van der Waals surface area contributed by atoms with E-state index in [1.54, 1.807) is 18.2 Å². The molecule has 0 saturated heterocycles. The number of aromatic nitrogens is 1. The molecule has 0 saturated carbocycles. The standard InChI is InChI=1S/C17H14ClN3O2/c1-17(2)7-14(21-9-11(20)6-13(18)16(21)22)12-5-10(8-19)3-4-15(12)23-17/h3-7,9H,20H2,1-2H3. The molecule has 1 aromatic carbocycles. The summed E-state index contributed by atoms with van der Waals surface area (Å²) in [6, 6.07) is 8.58. The molecular formula is C17H14ClN3O2. The van der Waals surface area contributed by atoms with Gasteiger partial charge in [-0.1, -0.05) is 11.6 Å². The molecule has 2 aromatic rings. The normalized spacial score (nSPS) is 15.1. The van der Waals surface area contributed by atoms with E-state index >= 15 is 0 Å². The van der Waals surface area contributed by atoms with Crippen LogP contribution in [0, 0.1) is 11.3 Å². The van der Waals surface area contributed by atoms with Crippen LogP contribution in [0.25, 0.3) is 5.70 Å².